The highest BCUT2D eigenvalue weighted by Crippen LogP contribution is 2.51. The van der Waals surface area contributed by atoms with Crippen molar-refractivity contribution in [3.63, 3.8) is 0 Å². The molecule has 0 spiro atoms. The lowest BCUT2D eigenvalue weighted by Crippen LogP contribution is -2.41. The first-order valence-corrected chi connectivity index (χ1v) is 18.3. The second-order valence-corrected chi connectivity index (χ2v) is 15.3. The lowest BCUT2D eigenvalue weighted by Gasteiger charge is -2.39. The Balaban J connectivity index is 1.26. The second kappa shape index (κ2) is 12.2. The Labute approximate surface area is 294 Å². The summed E-state index contributed by atoms with van der Waals surface area (Å²) in [5.41, 5.74) is 4.50. The number of nitriles is 1. The van der Waals surface area contributed by atoms with E-state index in [1.807, 2.05) is 13.0 Å². The first-order chi connectivity index (χ1) is 23.8. The molecule has 10 rings (SSSR count). The number of hydrogen-bond acceptors (Lipinski definition) is 6. The lowest BCUT2D eigenvalue weighted by molar-refractivity contribution is -0.134. The number of halogens is 3. The van der Waals surface area contributed by atoms with Gasteiger partial charge in [0.15, 0.2) is 5.82 Å². The first kappa shape index (κ1) is 31.7. The molecule has 4 aliphatic heterocycles. The lowest BCUT2D eigenvalue weighted by atomic mass is 9.79. The minimum Gasteiger partial charge on any atom is -0.379 e. The Morgan fingerprint density at radius 2 is 2.04 bits per heavy atom. The van der Waals surface area contributed by atoms with Gasteiger partial charge in [-0.15, -0.1) is 0 Å². The first-order valence-electron chi connectivity index (χ1n) is 17.6. The standard InChI is InChI=1S/C38H38Cl2FN5O3/c1-19-26-15-31(30-14-24(49-23-9-11-48-18-23)17-45(30)38(47)20-7-8-20)46(36-22-13-29(36)43-16-22)37(26)27-12-21(4-3-10-42)32(34(41)35(27)44-19)25-5-2-6-28(39)33(25)40/h2,5-6,12,15,20,22-24,29-30,36,43H,3-4,7-9,11,13-14,16-18H2,1H3/t22-,23+,24+,29-,30-,36+/m1/s1. The monoisotopic (exact) mass is 701 g/mol. The number of aryl methyl sites for hydroxylation is 2. The van der Waals surface area contributed by atoms with E-state index in [1.54, 1.807) is 18.2 Å². The zero-order valence-corrected chi connectivity index (χ0v) is 28.9. The van der Waals surface area contributed by atoms with Crippen molar-refractivity contribution < 1.29 is 18.7 Å². The number of ether oxygens (including phenoxy) is 2. The van der Waals surface area contributed by atoms with Gasteiger partial charge < -0.3 is 24.3 Å². The number of nitrogens with zero attached hydrogens (tertiary/aromatic N) is 4. The Bertz CT molecular complexity index is 2040. The molecule has 254 valence electrons. The number of fused-ring (bicyclic) bond motifs is 4. The highest BCUT2D eigenvalue weighted by atomic mass is 35.5. The van der Waals surface area contributed by atoms with E-state index in [4.69, 9.17) is 37.7 Å². The number of carbonyl (C=O) groups excluding carboxylic acids is 1. The van der Waals surface area contributed by atoms with Crippen LogP contribution in [0, 0.1) is 35.9 Å². The summed E-state index contributed by atoms with van der Waals surface area (Å²) in [7, 11) is 0. The normalized spacial score (nSPS) is 27.7. The van der Waals surface area contributed by atoms with E-state index in [-0.39, 0.29) is 53.1 Å². The van der Waals surface area contributed by atoms with Crippen LogP contribution < -0.4 is 5.32 Å². The summed E-state index contributed by atoms with van der Waals surface area (Å²) in [6, 6.07) is 12.0. The summed E-state index contributed by atoms with van der Waals surface area (Å²) in [5.74, 6) is 0.250. The molecule has 11 heteroatoms. The number of rotatable bonds is 8. The number of hydrogen-bond donors (Lipinski definition) is 1. The number of likely N-dealkylation sites (tertiary alicyclic amines) is 1. The fraction of sp³-hybridized carbons (Fsp3) is 0.500. The molecule has 4 aromatic rings. The molecule has 6 atom stereocenters. The number of pyridine rings is 1. The minimum atomic E-state index is -0.470. The summed E-state index contributed by atoms with van der Waals surface area (Å²) < 4.78 is 31.7. The molecule has 6 aliphatic rings. The van der Waals surface area contributed by atoms with Crippen molar-refractivity contribution in [2.45, 2.75) is 82.2 Å². The molecule has 1 amide bonds. The molecule has 2 aromatic carbocycles. The summed E-state index contributed by atoms with van der Waals surface area (Å²) in [4.78, 5) is 20.9. The highest BCUT2D eigenvalue weighted by molar-refractivity contribution is 6.43. The third-order valence-electron chi connectivity index (χ3n) is 11.5. The van der Waals surface area contributed by atoms with Gasteiger partial charge in [-0.3, -0.25) is 4.79 Å². The van der Waals surface area contributed by atoms with Gasteiger partial charge in [0.05, 0.1) is 52.5 Å². The van der Waals surface area contributed by atoms with Gasteiger partial charge in [0, 0.05) is 77.8 Å². The van der Waals surface area contributed by atoms with Crippen molar-refractivity contribution in [3.8, 4) is 17.2 Å². The van der Waals surface area contributed by atoms with Gasteiger partial charge in [0.2, 0.25) is 5.91 Å². The molecule has 2 aromatic heterocycles. The van der Waals surface area contributed by atoms with E-state index < -0.39 is 5.82 Å². The van der Waals surface area contributed by atoms with Crippen molar-refractivity contribution in [2.24, 2.45) is 11.8 Å². The van der Waals surface area contributed by atoms with Gasteiger partial charge in [-0.05, 0) is 68.7 Å². The van der Waals surface area contributed by atoms with Crippen LogP contribution in [0.25, 0.3) is 32.9 Å². The fourth-order valence-electron chi connectivity index (χ4n) is 8.98. The van der Waals surface area contributed by atoms with Gasteiger partial charge in [-0.25, -0.2) is 9.37 Å². The third kappa shape index (κ3) is 5.17. The molecule has 2 saturated carbocycles. The van der Waals surface area contributed by atoms with Crippen LogP contribution in [-0.4, -0.2) is 64.9 Å². The maximum Gasteiger partial charge on any atom is 0.226 e. The smallest absolute Gasteiger partial charge is 0.226 e. The minimum absolute atomic E-state index is 0.0477. The zero-order chi connectivity index (χ0) is 33.6. The van der Waals surface area contributed by atoms with E-state index in [0.717, 1.165) is 54.5 Å². The summed E-state index contributed by atoms with van der Waals surface area (Å²) >= 11 is 13.1. The summed E-state index contributed by atoms with van der Waals surface area (Å²) in [6.07, 6.45) is 5.05. The average Bonchev–Trinajstić information content (AvgIpc) is 3.59. The molecule has 2 bridgehead atoms. The van der Waals surface area contributed by atoms with Gasteiger partial charge in [-0.2, -0.15) is 5.26 Å². The number of amides is 1. The van der Waals surface area contributed by atoms with Crippen molar-refractivity contribution in [1.82, 2.24) is 19.8 Å². The molecule has 49 heavy (non-hydrogen) atoms. The molecule has 6 fully saturated rings. The average molecular weight is 703 g/mol. The molecule has 2 aliphatic carbocycles. The number of aromatic nitrogens is 2. The topological polar surface area (TPSA) is 92.4 Å². The number of nitrogens with one attached hydrogen (secondary N) is 1. The van der Waals surface area contributed by atoms with E-state index >= 15 is 4.39 Å². The molecule has 1 N–H and O–H groups in total. The van der Waals surface area contributed by atoms with Crippen LogP contribution >= 0.6 is 23.2 Å². The SMILES string of the molecule is Cc1nc2c(F)c(-c3cccc(Cl)c3Cl)c(CCC#N)cc2c2c1cc([C@H]1C[C@H](O[C@H]3CCOC3)CN1C(=O)C1CC1)n2[C@H]1[C@H]2CN[C@@H]1C2. The van der Waals surface area contributed by atoms with Crippen LogP contribution in [0.5, 0.6) is 0 Å². The van der Waals surface area contributed by atoms with Crippen LogP contribution in [0.3, 0.4) is 0 Å². The summed E-state index contributed by atoms with van der Waals surface area (Å²) in [5, 5.41) is 15.5. The van der Waals surface area contributed by atoms with Crippen LogP contribution in [-0.2, 0) is 20.7 Å². The Morgan fingerprint density at radius 3 is 2.76 bits per heavy atom. The summed E-state index contributed by atoms with van der Waals surface area (Å²) in [6.45, 7) is 4.72. The van der Waals surface area contributed by atoms with Crippen LogP contribution in [0.2, 0.25) is 10.0 Å². The van der Waals surface area contributed by atoms with E-state index in [9.17, 15) is 10.1 Å². The Morgan fingerprint density at radius 1 is 1.18 bits per heavy atom. The largest absolute Gasteiger partial charge is 0.379 e. The van der Waals surface area contributed by atoms with Crippen molar-refractivity contribution >= 4 is 50.9 Å². The van der Waals surface area contributed by atoms with E-state index in [1.165, 1.54) is 0 Å². The molecule has 0 unspecified atom stereocenters. The van der Waals surface area contributed by atoms with Gasteiger partial charge in [0.1, 0.15) is 5.52 Å². The maximum absolute atomic E-state index is 17.1. The van der Waals surface area contributed by atoms with Crippen molar-refractivity contribution in [1.29, 1.82) is 5.26 Å². The van der Waals surface area contributed by atoms with E-state index in [2.05, 4.69) is 26.9 Å². The molecular weight excluding hydrogens is 664 g/mol. The van der Waals surface area contributed by atoms with Gasteiger partial charge in [0.25, 0.3) is 0 Å². The Hall–Kier alpha value is -3.26. The molecule has 6 heterocycles. The predicted molar refractivity (Wildman–Crippen MR) is 186 cm³/mol. The number of carbonyl (C=O) groups is 1. The van der Waals surface area contributed by atoms with Crippen LogP contribution in [0.15, 0.2) is 30.3 Å². The zero-order valence-electron chi connectivity index (χ0n) is 27.4. The third-order valence-corrected chi connectivity index (χ3v) is 12.3. The van der Waals surface area contributed by atoms with E-state index in [0.29, 0.717) is 71.7 Å². The highest BCUT2D eigenvalue weighted by Gasteiger charge is 2.51. The molecule has 8 nitrogen and oxygen atoms in total. The van der Waals surface area contributed by atoms with Gasteiger partial charge >= 0.3 is 0 Å². The van der Waals surface area contributed by atoms with Crippen molar-refractivity contribution in [3.05, 3.63) is 63.1 Å². The Kier molecular flexibility index (Phi) is 7.90. The van der Waals surface area contributed by atoms with Gasteiger partial charge in [-0.1, -0.05) is 35.3 Å². The van der Waals surface area contributed by atoms with Crippen LogP contribution in [0.1, 0.15) is 67.6 Å². The molecule has 4 saturated heterocycles. The van der Waals surface area contributed by atoms with Crippen molar-refractivity contribution in [2.75, 3.05) is 26.3 Å². The second-order valence-electron chi connectivity index (χ2n) is 14.5. The predicted octanol–water partition coefficient (Wildman–Crippen LogP) is 7.46. The fourth-order valence-corrected chi connectivity index (χ4v) is 9.37. The number of benzene rings is 2. The maximum atomic E-state index is 17.1. The molecule has 0 radical (unpaired) electrons. The van der Waals surface area contributed by atoms with Crippen LogP contribution in [0.4, 0.5) is 4.39 Å². The quantitative estimate of drug-likeness (QED) is 0.205. The molecular formula is C38H38Cl2FN5O3.